The zero-order chi connectivity index (χ0) is 20.1. The van der Waals surface area contributed by atoms with E-state index in [1.165, 1.54) is 5.56 Å². The first-order valence-corrected chi connectivity index (χ1v) is 9.82. The molecule has 5 heteroatoms. The molecule has 0 aromatic heterocycles. The van der Waals surface area contributed by atoms with Crippen LogP contribution in [0.2, 0.25) is 0 Å². The van der Waals surface area contributed by atoms with Gasteiger partial charge in [0.25, 0.3) is 0 Å². The Labute approximate surface area is 166 Å². The maximum absolute atomic E-state index is 12.7. The van der Waals surface area contributed by atoms with Gasteiger partial charge in [0.2, 0.25) is 11.8 Å². The molecule has 2 aromatic rings. The number of anilines is 1. The van der Waals surface area contributed by atoms with Crippen molar-refractivity contribution in [2.75, 3.05) is 19.0 Å². The van der Waals surface area contributed by atoms with E-state index in [0.29, 0.717) is 6.54 Å². The third-order valence-electron chi connectivity index (χ3n) is 5.49. The quantitative estimate of drug-likeness (QED) is 0.846. The van der Waals surface area contributed by atoms with E-state index in [1.807, 2.05) is 29.2 Å². The number of hydrogen-bond acceptors (Lipinski definition) is 3. The lowest BCUT2D eigenvalue weighted by Gasteiger charge is -2.39. The molecule has 3 rings (SSSR count). The van der Waals surface area contributed by atoms with Crippen LogP contribution in [-0.4, -0.2) is 30.4 Å². The molecule has 1 aliphatic heterocycles. The summed E-state index contributed by atoms with van der Waals surface area (Å²) in [5, 5.41) is 2.96. The number of nitrogens with zero attached hydrogens (tertiary/aromatic N) is 1. The standard InChI is InChI=1S/C23H28N2O3/c1-4-17-5-7-18(8-6-17)22-14-9-19(15-25(22)16(2)26)23(27)24-20-10-12-21(28-3)13-11-20/h5-8,10-13,19,22H,4,9,14-15H2,1-3H3,(H,24,27). The topological polar surface area (TPSA) is 58.6 Å². The number of methoxy groups -OCH3 is 1. The summed E-state index contributed by atoms with van der Waals surface area (Å²) < 4.78 is 5.14. The Hall–Kier alpha value is -2.82. The first-order valence-electron chi connectivity index (χ1n) is 9.82. The van der Waals surface area contributed by atoms with Gasteiger partial charge in [-0.3, -0.25) is 9.59 Å². The van der Waals surface area contributed by atoms with E-state index in [2.05, 4.69) is 36.5 Å². The van der Waals surface area contributed by atoms with Crippen LogP contribution in [0.4, 0.5) is 5.69 Å². The van der Waals surface area contributed by atoms with Gasteiger partial charge in [-0.15, -0.1) is 0 Å². The van der Waals surface area contributed by atoms with Crippen LogP contribution >= 0.6 is 0 Å². The Bertz CT molecular complexity index is 815. The average molecular weight is 380 g/mol. The molecule has 2 amide bonds. The van der Waals surface area contributed by atoms with E-state index in [9.17, 15) is 9.59 Å². The van der Waals surface area contributed by atoms with Crippen LogP contribution in [0.5, 0.6) is 5.75 Å². The van der Waals surface area contributed by atoms with Gasteiger partial charge in [0.15, 0.2) is 0 Å². The zero-order valence-electron chi connectivity index (χ0n) is 16.8. The maximum atomic E-state index is 12.7. The van der Waals surface area contributed by atoms with Crippen LogP contribution < -0.4 is 10.1 Å². The highest BCUT2D eigenvalue weighted by molar-refractivity contribution is 5.93. The number of amides is 2. The number of benzene rings is 2. The van der Waals surface area contributed by atoms with Crippen molar-refractivity contribution in [3.8, 4) is 5.75 Å². The van der Waals surface area contributed by atoms with Crippen LogP contribution in [0.1, 0.15) is 43.9 Å². The minimum Gasteiger partial charge on any atom is -0.497 e. The second-order valence-corrected chi connectivity index (χ2v) is 7.27. The Kier molecular flexibility index (Phi) is 6.34. The molecule has 5 nitrogen and oxygen atoms in total. The van der Waals surface area contributed by atoms with Crippen molar-refractivity contribution in [1.82, 2.24) is 4.90 Å². The van der Waals surface area contributed by atoms with E-state index in [1.54, 1.807) is 14.0 Å². The molecule has 1 saturated heterocycles. The monoisotopic (exact) mass is 380 g/mol. The summed E-state index contributed by atoms with van der Waals surface area (Å²) in [6, 6.07) is 15.8. The largest absolute Gasteiger partial charge is 0.497 e. The normalized spacial score (nSPS) is 19.2. The first-order chi connectivity index (χ1) is 13.5. The number of carbonyl (C=O) groups is 2. The molecule has 148 valence electrons. The minimum atomic E-state index is -0.211. The number of ether oxygens (including phenoxy) is 1. The van der Waals surface area contributed by atoms with Crippen LogP contribution in [0, 0.1) is 5.92 Å². The molecule has 1 heterocycles. The van der Waals surface area contributed by atoms with Gasteiger partial charge in [0.05, 0.1) is 19.1 Å². The van der Waals surface area contributed by atoms with Crippen LogP contribution in [-0.2, 0) is 16.0 Å². The number of hydrogen-bond donors (Lipinski definition) is 1. The fourth-order valence-corrected chi connectivity index (χ4v) is 3.77. The van der Waals surface area contributed by atoms with Crippen molar-refractivity contribution < 1.29 is 14.3 Å². The van der Waals surface area contributed by atoms with Gasteiger partial charge in [-0.2, -0.15) is 0 Å². The number of likely N-dealkylation sites (tertiary alicyclic amines) is 1. The summed E-state index contributed by atoms with van der Waals surface area (Å²) in [6.07, 6.45) is 2.53. The SMILES string of the molecule is CCc1ccc(C2CCC(C(=O)Nc3ccc(OC)cc3)CN2C(C)=O)cc1. The molecule has 1 aliphatic rings. The van der Waals surface area contributed by atoms with Crippen molar-refractivity contribution in [3.63, 3.8) is 0 Å². The summed E-state index contributed by atoms with van der Waals surface area (Å²) in [5.41, 5.74) is 3.16. The summed E-state index contributed by atoms with van der Waals surface area (Å²) in [4.78, 5) is 26.9. The Morgan fingerprint density at radius 1 is 1.07 bits per heavy atom. The van der Waals surface area contributed by atoms with Gasteiger partial charge < -0.3 is 15.0 Å². The predicted molar refractivity (Wildman–Crippen MR) is 110 cm³/mol. The van der Waals surface area contributed by atoms with Gasteiger partial charge in [0.1, 0.15) is 5.75 Å². The van der Waals surface area contributed by atoms with Gasteiger partial charge in [-0.1, -0.05) is 31.2 Å². The Morgan fingerprint density at radius 3 is 2.32 bits per heavy atom. The molecular formula is C23H28N2O3. The number of rotatable bonds is 5. The second-order valence-electron chi connectivity index (χ2n) is 7.27. The summed E-state index contributed by atoms with van der Waals surface area (Å²) in [5.74, 6) is 0.496. The smallest absolute Gasteiger partial charge is 0.229 e. The molecule has 2 unspecified atom stereocenters. The number of nitrogens with one attached hydrogen (secondary N) is 1. The van der Waals surface area contributed by atoms with E-state index in [4.69, 9.17) is 4.74 Å². The molecule has 2 atom stereocenters. The minimum absolute atomic E-state index is 0.00603. The molecule has 28 heavy (non-hydrogen) atoms. The van der Waals surface area contributed by atoms with Gasteiger partial charge in [-0.25, -0.2) is 0 Å². The molecule has 2 aromatic carbocycles. The van der Waals surface area contributed by atoms with Crippen molar-refractivity contribution in [2.24, 2.45) is 5.92 Å². The lowest BCUT2D eigenvalue weighted by molar-refractivity contribution is -0.135. The van der Waals surface area contributed by atoms with Gasteiger partial charge in [0, 0.05) is 19.2 Å². The molecule has 0 spiro atoms. The fourth-order valence-electron chi connectivity index (χ4n) is 3.77. The average Bonchev–Trinajstić information content (AvgIpc) is 2.74. The third-order valence-corrected chi connectivity index (χ3v) is 5.49. The van der Waals surface area contributed by atoms with Crippen molar-refractivity contribution in [1.29, 1.82) is 0 Å². The molecule has 0 radical (unpaired) electrons. The highest BCUT2D eigenvalue weighted by Gasteiger charge is 2.34. The highest BCUT2D eigenvalue weighted by Crippen LogP contribution is 2.34. The Balaban J connectivity index is 1.68. The van der Waals surface area contributed by atoms with Gasteiger partial charge in [-0.05, 0) is 54.7 Å². The van der Waals surface area contributed by atoms with E-state index in [-0.39, 0.29) is 23.8 Å². The number of carbonyl (C=O) groups excluding carboxylic acids is 2. The van der Waals surface area contributed by atoms with E-state index in [0.717, 1.165) is 36.3 Å². The van der Waals surface area contributed by atoms with Crippen molar-refractivity contribution in [3.05, 3.63) is 59.7 Å². The Morgan fingerprint density at radius 2 is 1.75 bits per heavy atom. The summed E-state index contributed by atoms with van der Waals surface area (Å²) >= 11 is 0. The van der Waals surface area contributed by atoms with E-state index < -0.39 is 0 Å². The second kappa shape index (κ2) is 8.91. The molecule has 1 fully saturated rings. The predicted octanol–water partition coefficient (Wildman–Crippen LogP) is 4.20. The maximum Gasteiger partial charge on any atom is 0.229 e. The molecule has 0 saturated carbocycles. The molecule has 0 bridgehead atoms. The molecule has 1 N–H and O–H groups in total. The third kappa shape index (κ3) is 4.53. The zero-order valence-corrected chi connectivity index (χ0v) is 16.8. The number of aryl methyl sites for hydroxylation is 1. The lowest BCUT2D eigenvalue weighted by Crippen LogP contribution is -2.44. The fraction of sp³-hybridized carbons (Fsp3) is 0.391. The summed E-state index contributed by atoms with van der Waals surface area (Å²) in [6.45, 7) is 4.15. The van der Waals surface area contributed by atoms with Crippen LogP contribution in [0.25, 0.3) is 0 Å². The van der Waals surface area contributed by atoms with Crippen LogP contribution in [0.15, 0.2) is 48.5 Å². The summed E-state index contributed by atoms with van der Waals surface area (Å²) in [7, 11) is 1.61. The molecular weight excluding hydrogens is 352 g/mol. The first kappa shape index (κ1) is 19.9. The van der Waals surface area contributed by atoms with Crippen molar-refractivity contribution >= 4 is 17.5 Å². The highest BCUT2D eigenvalue weighted by atomic mass is 16.5. The van der Waals surface area contributed by atoms with Gasteiger partial charge >= 0.3 is 0 Å². The lowest BCUT2D eigenvalue weighted by atomic mass is 9.88. The van der Waals surface area contributed by atoms with Crippen LogP contribution in [0.3, 0.4) is 0 Å². The molecule has 0 aliphatic carbocycles. The van der Waals surface area contributed by atoms with E-state index >= 15 is 0 Å². The number of piperidine rings is 1. The van der Waals surface area contributed by atoms with Crippen molar-refractivity contribution in [2.45, 2.75) is 39.2 Å².